The van der Waals surface area contributed by atoms with Gasteiger partial charge in [-0.2, -0.15) is 0 Å². The number of benzene rings is 1. The molecular weight excluding hydrogens is 281 g/mol. The van der Waals surface area contributed by atoms with Crippen LogP contribution in [0.5, 0.6) is 5.75 Å². The van der Waals surface area contributed by atoms with Gasteiger partial charge in [0, 0.05) is 0 Å². The predicted molar refractivity (Wildman–Crippen MR) is 72.4 cm³/mol. The number of carboxylic acids is 1. The molecule has 2 atom stereocenters. The fourth-order valence-corrected chi connectivity index (χ4v) is 1.55. The molecule has 1 rings (SSSR count). The van der Waals surface area contributed by atoms with E-state index >= 15 is 0 Å². The molecule has 1 amide bonds. The second-order valence-corrected chi connectivity index (χ2v) is 5.10. The van der Waals surface area contributed by atoms with Crippen LogP contribution >= 0.6 is 0 Å². The first-order chi connectivity index (χ1) is 9.63. The number of halogens is 1. The maximum absolute atomic E-state index is 12.8. The smallest absolute Gasteiger partial charge is 0.328 e. The Bertz CT molecular complexity index is 513. The average molecular weight is 299 g/mol. The molecule has 0 bridgehead atoms. The van der Waals surface area contributed by atoms with Crippen LogP contribution in [-0.4, -0.2) is 39.8 Å². The Hall–Kier alpha value is -2.15. The molecular formula is C14H18FNO5. The normalized spacial score (nSPS) is 14.1. The van der Waals surface area contributed by atoms with Crippen molar-refractivity contribution in [2.24, 2.45) is 0 Å². The fraction of sp³-hybridized carbons (Fsp3) is 0.429. The number of hydrogen-bond donors (Lipinski definition) is 3. The maximum atomic E-state index is 12.8. The predicted octanol–water partition coefficient (Wildman–Crippen LogP) is 0.933. The lowest BCUT2D eigenvalue weighted by Gasteiger charge is -2.27. The van der Waals surface area contributed by atoms with Crippen molar-refractivity contribution in [1.82, 2.24) is 5.32 Å². The monoisotopic (exact) mass is 299 g/mol. The molecule has 0 saturated heterocycles. The summed E-state index contributed by atoms with van der Waals surface area (Å²) >= 11 is 0. The molecule has 0 aliphatic carbocycles. The number of hydrogen-bond acceptors (Lipinski definition) is 4. The minimum Gasteiger partial charge on any atom is -0.480 e. The first-order valence-electron chi connectivity index (χ1n) is 6.30. The zero-order chi connectivity index (χ0) is 16.2. The molecule has 1 aromatic carbocycles. The number of rotatable bonds is 6. The number of aliphatic hydroxyl groups excluding tert-OH is 1. The van der Waals surface area contributed by atoms with Gasteiger partial charge in [-0.05, 0) is 45.0 Å². The number of carboxylic acid groups (broad SMARTS) is 1. The average Bonchev–Trinajstić information content (AvgIpc) is 2.37. The molecule has 0 aromatic heterocycles. The molecule has 0 spiro atoms. The molecule has 21 heavy (non-hydrogen) atoms. The number of nitrogens with one attached hydrogen (secondary N) is 1. The van der Waals surface area contributed by atoms with Crippen molar-refractivity contribution < 1.29 is 28.9 Å². The van der Waals surface area contributed by atoms with Gasteiger partial charge in [0.1, 0.15) is 11.6 Å². The van der Waals surface area contributed by atoms with Gasteiger partial charge in [-0.1, -0.05) is 0 Å². The Morgan fingerprint density at radius 2 is 1.81 bits per heavy atom. The van der Waals surface area contributed by atoms with Crippen LogP contribution in [0.25, 0.3) is 0 Å². The van der Waals surface area contributed by atoms with Crippen LogP contribution < -0.4 is 10.1 Å². The Kier molecular flexibility index (Phi) is 5.26. The van der Waals surface area contributed by atoms with Gasteiger partial charge >= 0.3 is 5.97 Å². The van der Waals surface area contributed by atoms with Crippen LogP contribution in [0, 0.1) is 5.82 Å². The van der Waals surface area contributed by atoms with E-state index in [0.29, 0.717) is 0 Å². The zero-order valence-electron chi connectivity index (χ0n) is 12.0. The molecule has 0 heterocycles. The minimum absolute atomic E-state index is 0.264. The molecule has 0 aliphatic rings. The summed E-state index contributed by atoms with van der Waals surface area (Å²) in [5.41, 5.74) is -1.39. The van der Waals surface area contributed by atoms with Crippen molar-refractivity contribution in [3.05, 3.63) is 30.1 Å². The third-order valence-corrected chi connectivity index (χ3v) is 2.77. The molecule has 6 nitrogen and oxygen atoms in total. The van der Waals surface area contributed by atoms with E-state index < -0.39 is 35.4 Å². The highest BCUT2D eigenvalue weighted by atomic mass is 19.1. The summed E-state index contributed by atoms with van der Waals surface area (Å²) in [7, 11) is 0. The molecule has 1 aromatic rings. The lowest BCUT2D eigenvalue weighted by atomic mass is 10.1. The number of aliphatic carboxylic acids is 1. The van der Waals surface area contributed by atoms with Crippen molar-refractivity contribution in [1.29, 1.82) is 0 Å². The lowest BCUT2D eigenvalue weighted by Crippen LogP contribution is -2.55. The molecule has 2 unspecified atom stereocenters. The van der Waals surface area contributed by atoms with Gasteiger partial charge in [-0.15, -0.1) is 0 Å². The highest BCUT2D eigenvalue weighted by Crippen LogP contribution is 2.19. The summed E-state index contributed by atoms with van der Waals surface area (Å²) in [6.07, 6.45) is -1.26. The van der Waals surface area contributed by atoms with Crippen LogP contribution in [0.1, 0.15) is 20.8 Å². The Balaban J connectivity index is 2.79. The molecule has 116 valence electrons. The Morgan fingerprint density at radius 1 is 1.29 bits per heavy atom. The molecule has 0 saturated carbocycles. The van der Waals surface area contributed by atoms with Crippen molar-refractivity contribution in [2.75, 3.05) is 0 Å². The van der Waals surface area contributed by atoms with Crippen molar-refractivity contribution >= 4 is 11.9 Å². The number of carbonyl (C=O) groups is 2. The summed E-state index contributed by atoms with van der Waals surface area (Å²) in [6, 6.07) is 3.63. The van der Waals surface area contributed by atoms with Crippen LogP contribution in [0.3, 0.4) is 0 Å². The standard InChI is InChI=1S/C14H18FNO5/c1-8(17)11(12(18)19)16-13(20)14(2,3)21-10-6-4-9(15)5-7-10/h4-8,11,17H,1-3H3,(H,16,20)(H,18,19). The summed E-state index contributed by atoms with van der Waals surface area (Å²) < 4.78 is 18.2. The van der Waals surface area contributed by atoms with Gasteiger partial charge in [-0.25, -0.2) is 9.18 Å². The van der Waals surface area contributed by atoms with Crippen molar-refractivity contribution in [3.63, 3.8) is 0 Å². The largest absolute Gasteiger partial charge is 0.480 e. The first kappa shape index (κ1) is 16.9. The summed E-state index contributed by atoms with van der Waals surface area (Å²) in [5, 5.41) is 20.5. The van der Waals surface area contributed by atoms with Gasteiger partial charge in [0.05, 0.1) is 6.10 Å². The fourth-order valence-electron chi connectivity index (χ4n) is 1.55. The third kappa shape index (κ3) is 4.71. The van der Waals surface area contributed by atoms with Crippen molar-refractivity contribution in [2.45, 2.75) is 38.5 Å². The van der Waals surface area contributed by atoms with Gasteiger partial charge < -0.3 is 20.3 Å². The Morgan fingerprint density at radius 3 is 2.24 bits per heavy atom. The second kappa shape index (κ2) is 6.53. The number of amides is 1. The van der Waals surface area contributed by atoms with E-state index in [-0.39, 0.29) is 5.75 Å². The van der Waals surface area contributed by atoms with Gasteiger partial charge in [0.15, 0.2) is 11.6 Å². The van der Waals surface area contributed by atoms with E-state index in [1.54, 1.807) is 0 Å². The quantitative estimate of drug-likeness (QED) is 0.726. The maximum Gasteiger partial charge on any atom is 0.328 e. The SMILES string of the molecule is CC(O)C(NC(=O)C(C)(C)Oc1ccc(F)cc1)C(=O)O. The Labute approximate surface area is 121 Å². The highest BCUT2D eigenvalue weighted by molar-refractivity contribution is 5.89. The van der Waals surface area contributed by atoms with E-state index in [2.05, 4.69) is 5.32 Å². The van der Waals surface area contributed by atoms with Crippen LogP contribution in [0.4, 0.5) is 4.39 Å². The first-order valence-corrected chi connectivity index (χ1v) is 6.30. The third-order valence-electron chi connectivity index (χ3n) is 2.77. The molecule has 0 fully saturated rings. The van der Waals surface area contributed by atoms with E-state index in [1.165, 1.54) is 45.0 Å². The van der Waals surface area contributed by atoms with E-state index in [4.69, 9.17) is 9.84 Å². The molecule has 3 N–H and O–H groups in total. The molecule has 0 aliphatic heterocycles. The lowest BCUT2D eigenvalue weighted by molar-refractivity contribution is -0.147. The van der Waals surface area contributed by atoms with Crippen LogP contribution in [0.2, 0.25) is 0 Å². The van der Waals surface area contributed by atoms with E-state index in [0.717, 1.165) is 0 Å². The number of ether oxygens (including phenoxy) is 1. The van der Waals surface area contributed by atoms with Gasteiger partial charge in [-0.3, -0.25) is 4.79 Å². The van der Waals surface area contributed by atoms with Crippen LogP contribution in [0.15, 0.2) is 24.3 Å². The van der Waals surface area contributed by atoms with Gasteiger partial charge in [0.25, 0.3) is 5.91 Å². The summed E-state index contributed by atoms with van der Waals surface area (Å²) in [5.74, 6) is -2.24. The van der Waals surface area contributed by atoms with E-state index in [9.17, 15) is 19.1 Å². The zero-order valence-corrected chi connectivity index (χ0v) is 12.0. The molecule has 7 heteroatoms. The van der Waals surface area contributed by atoms with Gasteiger partial charge in [0.2, 0.25) is 0 Å². The second-order valence-electron chi connectivity index (χ2n) is 5.10. The van der Waals surface area contributed by atoms with Crippen molar-refractivity contribution in [3.8, 4) is 5.75 Å². The minimum atomic E-state index is -1.44. The highest BCUT2D eigenvalue weighted by Gasteiger charge is 2.35. The summed E-state index contributed by atoms with van der Waals surface area (Å²) in [6.45, 7) is 4.13. The molecule has 0 radical (unpaired) electrons. The number of aliphatic hydroxyl groups is 1. The summed E-state index contributed by atoms with van der Waals surface area (Å²) in [4.78, 5) is 23.0. The number of carbonyl (C=O) groups excluding carboxylic acids is 1. The van der Waals surface area contributed by atoms with E-state index in [1.807, 2.05) is 0 Å². The van der Waals surface area contributed by atoms with Crippen LogP contribution in [-0.2, 0) is 9.59 Å². The topological polar surface area (TPSA) is 95.9 Å².